The van der Waals surface area contributed by atoms with Gasteiger partial charge in [-0.3, -0.25) is 14.5 Å². The first-order valence-electron chi connectivity index (χ1n) is 9.07. The van der Waals surface area contributed by atoms with Gasteiger partial charge in [-0.25, -0.2) is 0 Å². The number of furan rings is 1. The SMILES string of the molecule is COc1ccccc1N1C(=O)C(=O)/C(=C(\O)c2ccc(C)cc2)C1c1ccco1. The Hall–Kier alpha value is -3.80. The molecule has 6 heteroatoms. The summed E-state index contributed by atoms with van der Waals surface area (Å²) in [7, 11) is 1.49. The number of anilines is 1. The van der Waals surface area contributed by atoms with Crippen LogP contribution in [0.25, 0.3) is 5.76 Å². The fourth-order valence-electron chi connectivity index (χ4n) is 3.49. The van der Waals surface area contributed by atoms with E-state index in [4.69, 9.17) is 9.15 Å². The van der Waals surface area contributed by atoms with Crippen LogP contribution in [0, 0.1) is 6.92 Å². The van der Waals surface area contributed by atoms with Crippen molar-refractivity contribution in [1.82, 2.24) is 0 Å². The summed E-state index contributed by atoms with van der Waals surface area (Å²) >= 11 is 0. The fourth-order valence-corrected chi connectivity index (χ4v) is 3.49. The van der Waals surface area contributed by atoms with Gasteiger partial charge in [-0.05, 0) is 31.2 Å². The molecule has 4 rings (SSSR count). The Morgan fingerprint density at radius 3 is 2.41 bits per heavy atom. The molecule has 0 aliphatic carbocycles. The lowest BCUT2D eigenvalue weighted by molar-refractivity contribution is -0.132. The number of carbonyl (C=O) groups is 2. The molecular weight excluding hydrogens is 370 g/mol. The molecule has 1 amide bonds. The van der Waals surface area contributed by atoms with Crippen molar-refractivity contribution in [2.24, 2.45) is 0 Å². The molecule has 146 valence electrons. The van der Waals surface area contributed by atoms with Crippen molar-refractivity contribution in [2.45, 2.75) is 13.0 Å². The van der Waals surface area contributed by atoms with Crippen LogP contribution in [0.4, 0.5) is 5.69 Å². The molecule has 1 N–H and O–H groups in total. The van der Waals surface area contributed by atoms with Crippen LogP contribution in [-0.4, -0.2) is 23.9 Å². The highest BCUT2D eigenvalue weighted by atomic mass is 16.5. The summed E-state index contributed by atoms with van der Waals surface area (Å²) in [6.07, 6.45) is 1.46. The summed E-state index contributed by atoms with van der Waals surface area (Å²) in [5.41, 5.74) is 1.85. The molecule has 1 fully saturated rings. The van der Waals surface area contributed by atoms with E-state index in [1.54, 1.807) is 48.5 Å². The number of ether oxygens (including phenoxy) is 1. The van der Waals surface area contributed by atoms with Crippen molar-refractivity contribution in [2.75, 3.05) is 12.0 Å². The maximum atomic E-state index is 13.0. The zero-order valence-electron chi connectivity index (χ0n) is 16.0. The van der Waals surface area contributed by atoms with E-state index in [2.05, 4.69) is 0 Å². The molecule has 6 nitrogen and oxygen atoms in total. The van der Waals surface area contributed by atoms with Gasteiger partial charge in [-0.2, -0.15) is 0 Å². The van der Waals surface area contributed by atoms with Gasteiger partial charge < -0.3 is 14.3 Å². The predicted octanol–water partition coefficient (Wildman–Crippen LogP) is 4.22. The lowest BCUT2D eigenvalue weighted by atomic mass is 9.98. The lowest BCUT2D eigenvalue weighted by Gasteiger charge is -2.24. The molecule has 0 bridgehead atoms. The monoisotopic (exact) mass is 389 g/mol. The van der Waals surface area contributed by atoms with E-state index in [1.165, 1.54) is 18.3 Å². The Bertz CT molecular complexity index is 1100. The maximum Gasteiger partial charge on any atom is 0.300 e. The molecular formula is C23H19NO5. The third-order valence-corrected chi connectivity index (χ3v) is 4.93. The molecule has 1 unspecified atom stereocenters. The van der Waals surface area contributed by atoms with Gasteiger partial charge in [0, 0.05) is 5.56 Å². The Kier molecular flexibility index (Phi) is 4.68. The van der Waals surface area contributed by atoms with Crippen molar-refractivity contribution >= 4 is 23.1 Å². The molecule has 1 aliphatic rings. The lowest BCUT2D eigenvalue weighted by Crippen LogP contribution is -2.29. The van der Waals surface area contributed by atoms with Gasteiger partial charge in [0.05, 0.1) is 24.6 Å². The van der Waals surface area contributed by atoms with Crippen LogP contribution in [0.2, 0.25) is 0 Å². The topological polar surface area (TPSA) is 80.0 Å². The van der Waals surface area contributed by atoms with Crippen molar-refractivity contribution in [3.8, 4) is 5.75 Å². The zero-order chi connectivity index (χ0) is 20.5. The molecule has 3 aromatic rings. The fraction of sp³-hybridized carbons (Fsp3) is 0.130. The minimum atomic E-state index is -0.914. The number of Topliss-reactive ketones (excluding diaryl/α,β-unsaturated/α-hetero) is 1. The first kappa shape index (κ1) is 18.6. The summed E-state index contributed by atoms with van der Waals surface area (Å²) < 4.78 is 10.9. The van der Waals surface area contributed by atoms with Gasteiger partial charge in [0.25, 0.3) is 11.7 Å². The number of rotatable bonds is 4. The summed E-state index contributed by atoms with van der Waals surface area (Å²) in [6, 6.07) is 16.4. The highest BCUT2D eigenvalue weighted by Gasteiger charge is 2.49. The smallest absolute Gasteiger partial charge is 0.300 e. The number of para-hydroxylation sites is 2. The van der Waals surface area contributed by atoms with E-state index in [0.717, 1.165) is 5.56 Å². The number of hydrogen-bond acceptors (Lipinski definition) is 5. The molecule has 1 atom stereocenters. The number of benzene rings is 2. The Balaban J connectivity index is 1.94. The van der Waals surface area contributed by atoms with Gasteiger partial charge in [-0.1, -0.05) is 42.0 Å². The molecule has 1 aromatic heterocycles. The summed E-state index contributed by atoms with van der Waals surface area (Å²) in [4.78, 5) is 27.3. The number of aryl methyl sites for hydroxylation is 1. The van der Waals surface area contributed by atoms with E-state index in [-0.39, 0.29) is 11.3 Å². The van der Waals surface area contributed by atoms with Crippen molar-refractivity contribution in [3.05, 3.63) is 89.4 Å². The molecule has 2 heterocycles. The Morgan fingerprint density at radius 1 is 1.03 bits per heavy atom. The summed E-state index contributed by atoms with van der Waals surface area (Å²) in [6.45, 7) is 1.92. The molecule has 0 radical (unpaired) electrons. The second-order valence-electron chi connectivity index (χ2n) is 6.72. The Morgan fingerprint density at radius 2 is 1.76 bits per heavy atom. The number of aliphatic hydroxyl groups excluding tert-OH is 1. The summed E-state index contributed by atoms with van der Waals surface area (Å²) in [5.74, 6) is -0.993. The van der Waals surface area contributed by atoms with Crippen LogP contribution in [0.1, 0.15) is 22.9 Å². The normalized spacial score (nSPS) is 18.3. The van der Waals surface area contributed by atoms with Crippen molar-refractivity contribution < 1.29 is 23.8 Å². The van der Waals surface area contributed by atoms with E-state index < -0.39 is 17.7 Å². The Labute approximate surface area is 167 Å². The molecule has 1 aliphatic heterocycles. The first-order valence-corrected chi connectivity index (χ1v) is 9.07. The van der Waals surface area contributed by atoms with E-state index in [0.29, 0.717) is 22.8 Å². The van der Waals surface area contributed by atoms with Crippen LogP contribution in [0.5, 0.6) is 5.75 Å². The number of carbonyl (C=O) groups excluding carboxylic acids is 2. The number of methoxy groups -OCH3 is 1. The standard InChI is InChI=1S/C23H19NO5/c1-14-9-11-15(12-10-14)21(25)19-20(18-8-5-13-29-18)24(23(27)22(19)26)16-6-3-4-7-17(16)28-2/h3-13,20,25H,1-2H3/b21-19-. The number of nitrogens with zero attached hydrogens (tertiary/aromatic N) is 1. The predicted molar refractivity (Wildman–Crippen MR) is 108 cm³/mol. The quantitative estimate of drug-likeness (QED) is 0.410. The number of aliphatic hydroxyl groups is 1. The summed E-state index contributed by atoms with van der Waals surface area (Å²) in [5, 5.41) is 11.0. The van der Waals surface area contributed by atoms with Gasteiger partial charge >= 0.3 is 0 Å². The highest BCUT2D eigenvalue weighted by Crippen LogP contribution is 2.44. The zero-order valence-corrected chi connectivity index (χ0v) is 16.0. The van der Waals surface area contributed by atoms with Crippen LogP contribution < -0.4 is 9.64 Å². The van der Waals surface area contributed by atoms with Crippen LogP contribution in [0.15, 0.2) is 76.9 Å². The second kappa shape index (κ2) is 7.31. The second-order valence-corrected chi connectivity index (χ2v) is 6.72. The first-order chi connectivity index (χ1) is 14.0. The van der Waals surface area contributed by atoms with Crippen LogP contribution in [0.3, 0.4) is 0 Å². The van der Waals surface area contributed by atoms with E-state index in [9.17, 15) is 14.7 Å². The minimum Gasteiger partial charge on any atom is -0.507 e. The minimum absolute atomic E-state index is 0.0280. The molecule has 0 saturated carbocycles. The van der Waals surface area contributed by atoms with Gasteiger partial charge in [-0.15, -0.1) is 0 Å². The molecule has 2 aromatic carbocycles. The number of ketones is 1. The third kappa shape index (κ3) is 3.08. The number of hydrogen-bond donors (Lipinski definition) is 1. The average molecular weight is 389 g/mol. The molecule has 0 spiro atoms. The largest absolute Gasteiger partial charge is 0.507 e. The van der Waals surface area contributed by atoms with Crippen LogP contribution >= 0.6 is 0 Å². The van der Waals surface area contributed by atoms with Crippen LogP contribution in [-0.2, 0) is 9.59 Å². The van der Waals surface area contributed by atoms with E-state index in [1.807, 2.05) is 19.1 Å². The maximum absolute atomic E-state index is 13.0. The molecule has 29 heavy (non-hydrogen) atoms. The van der Waals surface area contributed by atoms with E-state index >= 15 is 0 Å². The van der Waals surface area contributed by atoms with Crippen molar-refractivity contribution in [1.29, 1.82) is 0 Å². The van der Waals surface area contributed by atoms with Gasteiger partial charge in [0.1, 0.15) is 23.3 Å². The number of amides is 1. The average Bonchev–Trinajstić information content (AvgIpc) is 3.35. The third-order valence-electron chi connectivity index (χ3n) is 4.93. The van der Waals surface area contributed by atoms with Gasteiger partial charge in [0.15, 0.2) is 0 Å². The van der Waals surface area contributed by atoms with Crippen molar-refractivity contribution in [3.63, 3.8) is 0 Å². The van der Waals surface area contributed by atoms with Gasteiger partial charge in [0.2, 0.25) is 0 Å². The molecule has 1 saturated heterocycles. The highest BCUT2D eigenvalue weighted by molar-refractivity contribution is 6.51.